The van der Waals surface area contributed by atoms with Crippen molar-refractivity contribution in [2.75, 3.05) is 7.11 Å². The van der Waals surface area contributed by atoms with E-state index in [1.54, 1.807) is 0 Å². The highest BCUT2D eigenvalue weighted by Gasteiger charge is 2.34. The summed E-state index contributed by atoms with van der Waals surface area (Å²) in [5.74, 6) is -2.78. The van der Waals surface area contributed by atoms with Crippen LogP contribution < -0.4 is 0 Å². The van der Waals surface area contributed by atoms with Gasteiger partial charge in [-0.15, -0.1) is 0 Å². The second-order valence-corrected chi connectivity index (χ2v) is 4.77. The summed E-state index contributed by atoms with van der Waals surface area (Å²) in [6.07, 6.45) is 0. The van der Waals surface area contributed by atoms with Gasteiger partial charge < -0.3 is 14.9 Å². The van der Waals surface area contributed by atoms with Crippen LogP contribution in [0.25, 0.3) is 0 Å². The third-order valence-corrected chi connectivity index (χ3v) is 3.52. The second kappa shape index (κ2) is 4.70. The van der Waals surface area contributed by atoms with Crippen LogP contribution in [0.4, 0.5) is 0 Å². The van der Waals surface area contributed by atoms with Gasteiger partial charge in [0.15, 0.2) is 11.6 Å². The van der Waals surface area contributed by atoms with Gasteiger partial charge in [-0.2, -0.15) is 0 Å². The Balaban J connectivity index is 2.31. The average molecular weight is 298 g/mol. The number of phenolic OH excluding ortho intramolecular Hbond substituents is 2. The lowest BCUT2D eigenvalue weighted by Gasteiger charge is -2.19. The first-order chi connectivity index (χ1) is 10.5. The molecule has 6 nitrogen and oxygen atoms in total. The van der Waals surface area contributed by atoms with Gasteiger partial charge in [-0.05, 0) is 18.2 Å². The number of fused-ring (bicyclic) bond motifs is 2. The molecule has 0 amide bonds. The summed E-state index contributed by atoms with van der Waals surface area (Å²) in [6, 6.07) is 6.37. The summed E-state index contributed by atoms with van der Waals surface area (Å²) >= 11 is 0. The molecule has 0 saturated heterocycles. The lowest BCUT2D eigenvalue weighted by Crippen LogP contribution is -2.22. The molecule has 3 rings (SSSR count). The van der Waals surface area contributed by atoms with Gasteiger partial charge >= 0.3 is 5.97 Å². The number of ketones is 2. The minimum Gasteiger partial charge on any atom is -0.507 e. The monoisotopic (exact) mass is 298 g/mol. The molecule has 0 saturated carbocycles. The lowest BCUT2D eigenvalue weighted by molar-refractivity contribution is 0.0600. The molecule has 2 N–H and O–H groups in total. The van der Waals surface area contributed by atoms with E-state index >= 15 is 0 Å². The predicted octanol–water partition coefficient (Wildman–Crippen LogP) is 1.66. The smallest absolute Gasteiger partial charge is 0.338 e. The van der Waals surface area contributed by atoms with Crippen LogP contribution >= 0.6 is 0 Å². The summed E-state index contributed by atoms with van der Waals surface area (Å²) in [4.78, 5) is 36.5. The van der Waals surface area contributed by atoms with Gasteiger partial charge in [0.2, 0.25) is 0 Å². The number of rotatable bonds is 1. The number of aromatic hydroxyl groups is 2. The van der Waals surface area contributed by atoms with Crippen molar-refractivity contribution in [2.45, 2.75) is 0 Å². The number of ether oxygens (including phenoxy) is 1. The van der Waals surface area contributed by atoms with Crippen molar-refractivity contribution >= 4 is 17.5 Å². The van der Waals surface area contributed by atoms with Gasteiger partial charge in [-0.25, -0.2) is 4.79 Å². The first-order valence-corrected chi connectivity index (χ1v) is 6.32. The van der Waals surface area contributed by atoms with E-state index < -0.39 is 23.3 Å². The number of methoxy groups -OCH3 is 1. The van der Waals surface area contributed by atoms with Gasteiger partial charge in [0.05, 0.1) is 23.8 Å². The van der Waals surface area contributed by atoms with Crippen molar-refractivity contribution in [1.82, 2.24) is 0 Å². The molecule has 1 aliphatic carbocycles. The topological polar surface area (TPSA) is 101 Å². The summed E-state index contributed by atoms with van der Waals surface area (Å²) in [7, 11) is 1.16. The number of hydrogen-bond acceptors (Lipinski definition) is 6. The molecule has 0 spiro atoms. The fraction of sp³-hybridized carbons (Fsp3) is 0.0625. The zero-order valence-corrected chi connectivity index (χ0v) is 11.4. The molecule has 0 heterocycles. The molecule has 6 heteroatoms. The van der Waals surface area contributed by atoms with Crippen LogP contribution in [0, 0.1) is 0 Å². The van der Waals surface area contributed by atoms with Crippen LogP contribution in [0.2, 0.25) is 0 Å². The van der Waals surface area contributed by atoms with E-state index in [2.05, 4.69) is 4.74 Å². The maximum absolute atomic E-state index is 12.5. The van der Waals surface area contributed by atoms with Gasteiger partial charge in [0, 0.05) is 11.1 Å². The molecule has 0 aromatic heterocycles. The average Bonchev–Trinajstić information content (AvgIpc) is 2.50. The molecule has 0 atom stereocenters. The van der Waals surface area contributed by atoms with E-state index in [0.29, 0.717) is 0 Å². The van der Waals surface area contributed by atoms with Crippen molar-refractivity contribution in [2.24, 2.45) is 0 Å². The maximum atomic E-state index is 12.5. The zero-order chi connectivity index (χ0) is 16.0. The molecule has 0 fully saturated rings. The second-order valence-electron chi connectivity index (χ2n) is 4.77. The van der Waals surface area contributed by atoms with Crippen LogP contribution in [-0.2, 0) is 4.74 Å². The van der Waals surface area contributed by atoms with Crippen LogP contribution in [0.5, 0.6) is 11.5 Å². The number of esters is 1. The van der Waals surface area contributed by atoms with E-state index in [0.717, 1.165) is 13.2 Å². The van der Waals surface area contributed by atoms with Crippen LogP contribution in [-0.4, -0.2) is 34.9 Å². The van der Waals surface area contributed by atoms with E-state index in [9.17, 15) is 24.6 Å². The minimum atomic E-state index is -0.749. The molecular weight excluding hydrogens is 288 g/mol. The van der Waals surface area contributed by atoms with Crippen LogP contribution in [0.1, 0.15) is 42.2 Å². The maximum Gasteiger partial charge on any atom is 0.338 e. The molecule has 1 aliphatic rings. The third-order valence-electron chi connectivity index (χ3n) is 3.52. The van der Waals surface area contributed by atoms with Crippen molar-refractivity contribution < 1.29 is 29.3 Å². The van der Waals surface area contributed by atoms with Crippen LogP contribution in [0.15, 0.2) is 30.3 Å². The SMILES string of the molecule is COC(=O)c1cc(O)c2c(c1)C(=O)c1c(O)cccc1C2=O. The van der Waals surface area contributed by atoms with E-state index in [1.807, 2.05) is 0 Å². The molecule has 0 radical (unpaired) electrons. The first kappa shape index (κ1) is 13.8. The highest BCUT2D eigenvalue weighted by Crippen LogP contribution is 2.37. The Morgan fingerprint density at radius 1 is 0.955 bits per heavy atom. The Morgan fingerprint density at radius 3 is 2.27 bits per heavy atom. The van der Waals surface area contributed by atoms with E-state index in [4.69, 9.17) is 0 Å². The predicted molar refractivity (Wildman–Crippen MR) is 74.4 cm³/mol. The molecule has 0 unspecified atom stereocenters. The van der Waals surface area contributed by atoms with E-state index in [1.165, 1.54) is 24.3 Å². The Bertz CT molecular complexity index is 850. The van der Waals surface area contributed by atoms with Gasteiger partial charge in [0.1, 0.15) is 11.5 Å². The number of carbonyl (C=O) groups excluding carboxylic acids is 3. The van der Waals surface area contributed by atoms with Crippen molar-refractivity contribution in [3.05, 3.63) is 58.1 Å². The Hall–Kier alpha value is -3.15. The summed E-state index contributed by atoms with van der Waals surface area (Å²) in [5.41, 5.74) is -0.506. The highest BCUT2D eigenvalue weighted by molar-refractivity contribution is 6.30. The largest absolute Gasteiger partial charge is 0.507 e. The normalized spacial score (nSPS) is 12.6. The molecule has 22 heavy (non-hydrogen) atoms. The van der Waals surface area contributed by atoms with Gasteiger partial charge in [0.25, 0.3) is 0 Å². The van der Waals surface area contributed by atoms with E-state index in [-0.39, 0.29) is 33.6 Å². The molecule has 110 valence electrons. The molecule has 2 aromatic rings. The standard InChI is InChI=1S/C16H10O6/c1-22-16(21)7-5-9-13(11(18)6-7)14(19)8-3-2-4-10(17)12(8)15(9)20/h2-6,17-18H,1H3. The fourth-order valence-electron chi connectivity index (χ4n) is 2.52. The Labute approximate surface area is 124 Å². The number of carbonyl (C=O) groups is 3. The molecule has 0 bridgehead atoms. The third kappa shape index (κ3) is 1.77. The summed E-state index contributed by atoms with van der Waals surface area (Å²) in [6.45, 7) is 0. The molecule has 0 aliphatic heterocycles. The highest BCUT2D eigenvalue weighted by atomic mass is 16.5. The number of hydrogen-bond donors (Lipinski definition) is 2. The fourth-order valence-corrected chi connectivity index (χ4v) is 2.52. The first-order valence-electron chi connectivity index (χ1n) is 6.32. The van der Waals surface area contributed by atoms with Crippen LogP contribution in [0.3, 0.4) is 0 Å². The Kier molecular flexibility index (Phi) is 2.95. The number of benzene rings is 2. The summed E-state index contributed by atoms with van der Waals surface area (Å²) in [5, 5.41) is 19.9. The molecular formula is C16H10O6. The van der Waals surface area contributed by atoms with Crippen molar-refractivity contribution in [3.8, 4) is 11.5 Å². The Morgan fingerprint density at radius 2 is 1.59 bits per heavy atom. The van der Waals surface area contributed by atoms with Crippen molar-refractivity contribution in [3.63, 3.8) is 0 Å². The number of phenols is 2. The minimum absolute atomic E-state index is 0.0126. The van der Waals surface area contributed by atoms with Gasteiger partial charge in [-0.3, -0.25) is 9.59 Å². The zero-order valence-electron chi connectivity index (χ0n) is 11.4. The quantitative estimate of drug-likeness (QED) is 0.663. The lowest BCUT2D eigenvalue weighted by atomic mass is 9.82. The summed E-state index contributed by atoms with van der Waals surface area (Å²) < 4.78 is 4.54. The molecule has 2 aromatic carbocycles. The van der Waals surface area contributed by atoms with Gasteiger partial charge in [-0.1, -0.05) is 12.1 Å². The van der Waals surface area contributed by atoms with Crippen molar-refractivity contribution in [1.29, 1.82) is 0 Å².